The Morgan fingerprint density at radius 1 is 1.19 bits per heavy atom. The van der Waals surface area contributed by atoms with E-state index >= 15 is 0 Å². The Kier molecular flexibility index (Phi) is 6.97. The molecule has 1 amide bonds. The average molecular weight is 443 g/mol. The summed E-state index contributed by atoms with van der Waals surface area (Å²) in [6.45, 7) is 3.29. The molecule has 0 spiro atoms. The Labute approximate surface area is 183 Å². The Bertz CT molecular complexity index is 1170. The minimum atomic E-state index is -1.40. The van der Waals surface area contributed by atoms with Crippen LogP contribution in [0, 0.1) is 6.92 Å². The van der Waals surface area contributed by atoms with Crippen LogP contribution in [0.5, 0.6) is 5.75 Å². The molecule has 162 valence electrons. The molecule has 3 rings (SSSR count). The van der Waals surface area contributed by atoms with E-state index in [2.05, 4.69) is 5.32 Å². The number of aliphatic carboxylic acids is 1. The summed E-state index contributed by atoms with van der Waals surface area (Å²) >= 11 is 5.84. The molecule has 2 aromatic carbocycles. The van der Waals surface area contributed by atoms with Crippen molar-refractivity contribution in [1.82, 2.24) is 5.32 Å². The van der Waals surface area contributed by atoms with Crippen molar-refractivity contribution < 1.29 is 23.8 Å². The number of aryl methyl sites for hydroxylation is 2. The molecule has 0 saturated carbocycles. The van der Waals surface area contributed by atoms with E-state index in [1.807, 2.05) is 13.8 Å². The van der Waals surface area contributed by atoms with Crippen molar-refractivity contribution in [2.75, 3.05) is 6.61 Å². The predicted octanol–water partition coefficient (Wildman–Crippen LogP) is 2.17. The van der Waals surface area contributed by atoms with Crippen LogP contribution in [0.2, 0.25) is 5.02 Å². The van der Waals surface area contributed by atoms with Crippen molar-refractivity contribution >= 4 is 34.4 Å². The van der Waals surface area contributed by atoms with Gasteiger partial charge in [0.2, 0.25) is 0 Å². The zero-order valence-electron chi connectivity index (χ0n) is 17.1. The molecule has 3 aromatic rings. The smallest absolute Gasteiger partial charge is 0.336 e. The molecule has 0 fully saturated rings. The lowest BCUT2D eigenvalue weighted by Crippen LogP contribution is -2.50. The first kappa shape index (κ1) is 22.4. The third kappa shape index (κ3) is 5.64. The van der Waals surface area contributed by atoms with Crippen molar-refractivity contribution in [3.63, 3.8) is 0 Å². The highest BCUT2D eigenvalue weighted by molar-refractivity contribution is 6.30. The van der Waals surface area contributed by atoms with E-state index in [4.69, 9.17) is 20.8 Å². The van der Waals surface area contributed by atoms with Gasteiger partial charge >= 0.3 is 5.63 Å². The monoisotopic (exact) mass is 442 g/mol. The van der Waals surface area contributed by atoms with Crippen LogP contribution in [-0.2, 0) is 22.4 Å². The molecule has 8 heteroatoms. The van der Waals surface area contributed by atoms with Crippen LogP contribution in [0.15, 0.2) is 51.7 Å². The van der Waals surface area contributed by atoms with Gasteiger partial charge in [-0.2, -0.15) is 0 Å². The maximum Gasteiger partial charge on any atom is 0.336 e. The molecule has 0 saturated heterocycles. The topological polar surface area (TPSA) is 109 Å². The van der Waals surface area contributed by atoms with E-state index in [0.717, 1.165) is 11.1 Å². The number of fused-ring (bicyclic) bond motifs is 1. The van der Waals surface area contributed by atoms with Crippen LogP contribution in [-0.4, -0.2) is 24.5 Å². The van der Waals surface area contributed by atoms with Gasteiger partial charge in [-0.25, -0.2) is 4.79 Å². The Morgan fingerprint density at radius 2 is 1.90 bits per heavy atom. The first-order valence-corrected chi connectivity index (χ1v) is 10.1. The lowest BCUT2D eigenvalue weighted by atomic mass is 10.0. The van der Waals surface area contributed by atoms with Gasteiger partial charge in [-0.05, 0) is 60.7 Å². The molecule has 7 nitrogen and oxygen atoms in total. The molecule has 0 aliphatic carbocycles. The third-order valence-corrected chi connectivity index (χ3v) is 5.00. The maximum absolute atomic E-state index is 12.4. The van der Waals surface area contributed by atoms with Crippen LogP contribution >= 0.6 is 11.6 Å². The molecular formula is C23H21ClNO6-. The average Bonchev–Trinajstić information content (AvgIpc) is 2.71. The number of halogens is 1. The second-order valence-corrected chi connectivity index (χ2v) is 7.58. The Hall–Kier alpha value is -3.32. The van der Waals surface area contributed by atoms with Crippen molar-refractivity contribution in [3.05, 3.63) is 74.6 Å². The second-order valence-electron chi connectivity index (χ2n) is 7.14. The van der Waals surface area contributed by atoms with Gasteiger partial charge < -0.3 is 24.4 Å². The lowest BCUT2D eigenvalue weighted by molar-refractivity contribution is -0.308. The lowest BCUT2D eigenvalue weighted by Gasteiger charge is -2.20. The van der Waals surface area contributed by atoms with Gasteiger partial charge in [-0.3, -0.25) is 4.79 Å². The van der Waals surface area contributed by atoms with Gasteiger partial charge in [-0.15, -0.1) is 0 Å². The van der Waals surface area contributed by atoms with E-state index < -0.39 is 30.2 Å². The number of nitrogens with one attached hydrogen (secondary N) is 1. The van der Waals surface area contributed by atoms with Gasteiger partial charge in [0.15, 0.2) is 6.61 Å². The first-order valence-electron chi connectivity index (χ1n) is 9.71. The minimum absolute atomic E-state index is 0.0454. The summed E-state index contributed by atoms with van der Waals surface area (Å²) in [5.41, 5.74) is 2.12. The van der Waals surface area contributed by atoms with E-state index in [9.17, 15) is 19.5 Å². The molecule has 31 heavy (non-hydrogen) atoms. The molecule has 1 N–H and O–H groups in total. The zero-order valence-corrected chi connectivity index (χ0v) is 17.8. The van der Waals surface area contributed by atoms with Crippen molar-refractivity contribution in [1.29, 1.82) is 0 Å². The number of carbonyl (C=O) groups is 2. The quantitative estimate of drug-likeness (QED) is 0.535. The minimum Gasteiger partial charge on any atom is -0.548 e. The molecule has 0 bridgehead atoms. The van der Waals surface area contributed by atoms with Crippen LogP contribution in [0.25, 0.3) is 11.0 Å². The maximum atomic E-state index is 12.4. The molecule has 0 aliphatic rings. The van der Waals surface area contributed by atoms with E-state index in [1.165, 1.54) is 6.07 Å². The number of rotatable bonds is 8. The molecule has 1 atom stereocenters. The molecule has 0 radical (unpaired) electrons. The Morgan fingerprint density at radius 3 is 2.55 bits per heavy atom. The van der Waals surface area contributed by atoms with E-state index in [0.29, 0.717) is 33.7 Å². The fourth-order valence-electron chi connectivity index (χ4n) is 3.29. The van der Waals surface area contributed by atoms with Crippen molar-refractivity contribution in [2.45, 2.75) is 32.7 Å². The summed E-state index contributed by atoms with van der Waals surface area (Å²) in [5, 5.41) is 15.0. The van der Waals surface area contributed by atoms with Crippen LogP contribution in [0.3, 0.4) is 0 Å². The van der Waals surface area contributed by atoms with E-state index in [1.54, 1.807) is 36.4 Å². The third-order valence-electron chi connectivity index (χ3n) is 4.75. The number of ether oxygens (including phenoxy) is 1. The standard InChI is InChI=1S/C23H22ClNO6/c1-3-15-11-21(27)31-19-9-13(2)8-18(22(15)19)30-12-20(26)25-17(23(28)29)10-14-4-6-16(24)7-5-14/h4-9,11,17H,3,10,12H2,1-2H3,(H,25,26)(H,28,29)/p-1/t17-/m1/s1. The number of hydrogen-bond donors (Lipinski definition) is 1. The zero-order chi connectivity index (χ0) is 22.5. The fraction of sp³-hybridized carbons (Fsp3) is 0.261. The highest BCUT2D eigenvalue weighted by atomic mass is 35.5. The molecule has 0 unspecified atom stereocenters. The summed E-state index contributed by atoms with van der Waals surface area (Å²) in [4.78, 5) is 35.6. The van der Waals surface area contributed by atoms with Gasteiger partial charge in [0, 0.05) is 11.1 Å². The number of amides is 1. The number of benzene rings is 2. The van der Waals surface area contributed by atoms with Gasteiger partial charge in [0.05, 0.1) is 17.4 Å². The number of carboxylic acids is 1. The largest absolute Gasteiger partial charge is 0.548 e. The van der Waals surface area contributed by atoms with Crippen LogP contribution in [0.4, 0.5) is 0 Å². The summed E-state index contributed by atoms with van der Waals surface area (Å²) < 4.78 is 11.0. The summed E-state index contributed by atoms with van der Waals surface area (Å²) in [5.74, 6) is -1.64. The normalized spacial score (nSPS) is 11.8. The number of carboxylic acid groups (broad SMARTS) is 1. The molecule has 1 heterocycles. The summed E-state index contributed by atoms with van der Waals surface area (Å²) in [6.07, 6.45) is 0.616. The molecular weight excluding hydrogens is 422 g/mol. The predicted molar refractivity (Wildman–Crippen MR) is 114 cm³/mol. The van der Waals surface area contributed by atoms with Crippen LogP contribution in [0.1, 0.15) is 23.6 Å². The summed E-state index contributed by atoms with van der Waals surface area (Å²) in [6, 6.07) is 10.3. The number of carbonyl (C=O) groups excluding carboxylic acids is 2. The van der Waals surface area contributed by atoms with Crippen molar-refractivity contribution in [3.8, 4) is 5.75 Å². The fourth-order valence-corrected chi connectivity index (χ4v) is 3.42. The highest BCUT2D eigenvalue weighted by Crippen LogP contribution is 2.30. The highest BCUT2D eigenvalue weighted by Gasteiger charge is 2.17. The molecule has 1 aromatic heterocycles. The second kappa shape index (κ2) is 9.66. The Balaban J connectivity index is 1.75. The van der Waals surface area contributed by atoms with Crippen LogP contribution < -0.4 is 20.8 Å². The van der Waals surface area contributed by atoms with E-state index in [-0.39, 0.29) is 6.42 Å². The summed E-state index contributed by atoms with van der Waals surface area (Å²) in [7, 11) is 0. The van der Waals surface area contributed by atoms with Gasteiger partial charge in [0.1, 0.15) is 11.3 Å². The number of hydrogen-bond acceptors (Lipinski definition) is 6. The van der Waals surface area contributed by atoms with Gasteiger partial charge in [0.25, 0.3) is 5.91 Å². The SMILES string of the molecule is CCc1cc(=O)oc2cc(C)cc(OCC(=O)N[C@H](Cc3ccc(Cl)cc3)C(=O)[O-])c12. The first-order chi connectivity index (χ1) is 14.8. The molecule has 0 aliphatic heterocycles. The van der Waals surface area contributed by atoms with Crippen molar-refractivity contribution in [2.24, 2.45) is 0 Å². The van der Waals surface area contributed by atoms with Gasteiger partial charge in [-0.1, -0.05) is 30.7 Å².